The van der Waals surface area contributed by atoms with E-state index < -0.39 is 0 Å². The SMILES string of the molecule is O=C1CCc2ccc(OCCCCOC3CCc4ccc(OCCCCCl)cc4N3)cc2N1. The first-order valence-electron chi connectivity index (χ1n) is 12.0. The van der Waals surface area contributed by atoms with Crippen molar-refractivity contribution in [2.45, 2.75) is 57.6 Å². The van der Waals surface area contributed by atoms with Crippen LogP contribution in [0.2, 0.25) is 0 Å². The van der Waals surface area contributed by atoms with E-state index in [1.807, 2.05) is 24.3 Å². The van der Waals surface area contributed by atoms with Gasteiger partial charge < -0.3 is 24.8 Å². The number of carbonyl (C=O) groups is 1. The minimum Gasteiger partial charge on any atom is -0.494 e. The molecule has 0 aromatic heterocycles. The molecule has 6 nitrogen and oxygen atoms in total. The van der Waals surface area contributed by atoms with Crippen molar-refractivity contribution in [1.82, 2.24) is 0 Å². The number of hydrogen-bond acceptors (Lipinski definition) is 5. The van der Waals surface area contributed by atoms with E-state index in [0.717, 1.165) is 67.8 Å². The Bertz CT molecular complexity index is 937. The molecular formula is C26H33ClN2O4. The van der Waals surface area contributed by atoms with Crippen molar-refractivity contribution in [2.24, 2.45) is 0 Å². The van der Waals surface area contributed by atoms with Gasteiger partial charge in [-0.3, -0.25) is 4.79 Å². The van der Waals surface area contributed by atoms with Crippen molar-refractivity contribution in [3.63, 3.8) is 0 Å². The Kier molecular flexibility index (Phi) is 8.72. The summed E-state index contributed by atoms with van der Waals surface area (Å²) < 4.78 is 17.8. The molecule has 178 valence electrons. The van der Waals surface area contributed by atoms with Crippen molar-refractivity contribution < 1.29 is 19.0 Å². The Balaban J connectivity index is 1.13. The maximum Gasteiger partial charge on any atom is 0.224 e. The summed E-state index contributed by atoms with van der Waals surface area (Å²) in [4.78, 5) is 11.6. The molecule has 7 heteroatoms. The zero-order valence-electron chi connectivity index (χ0n) is 19.0. The van der Waals surface area contributed by atoms with Crippen LogP contribution in [0.25, 0.3) is 0 Å². The summed E-state index contributed by atoms with van der Waals surface area (Å²) in [6.07, 6.45) is 7.10. The zero-order chi connectivity index (χ0) is 22.9. The summed E-state index contributed by atoms with van der Waals surface area (Å²) in [5.74, 6) is 2.42. The third-order valence-corrected chi connectivity index (χ3v) is 6.24. The summed E-state index contributed by atoms with van der Waals surface area (Å²) in [6, 6.07) is 12.2. The van der Waals surface area contributed by atoms with Crippen molar-refractivity contribution in [1.29, 1.82) is 0 Å². The fourth-order valence-corrected chi connectivity index (χ4v) is 4.29. The molecule has 0 bridgehead atoms. The second-order valence-corrected chi connectivity index (χ2v) is 8.91. The van der Waals surface area contributed by atoms with Gasteiger partial charge >= 0.3 is 0 Å². The van der Waals surface area contributed by atoms with Crippen LogP contribution < -0.4 is 20.1 Å². The van der Waals surface area contributed by atoms with Gasteiger partial charge in [-0.1, -0.05) is 12.1 Å². The van der Waals surface area contributed by atoms with Gasteiger partial charge in [0.2, 0.25) is 5.91 Å². The van der Waals surface area contributed by atoms with E-state index in [4.69, 9.17) is 25.8 Å². The van der Waals surface area contributed by atoms with Gasteiger partial charge in [-0.25, -0.2) is 0 Å². The second kappa shape index (κ2) is 12.1. The van der Waals surface area contributed by atoms with E-state index in [0.29, 0.717) is 32.1 Å². The van der Waals surface area contributed by atoms with Gasteiger partial charge in [0.25, 0.3) is 0 Å². The lowest BCUT2D eigenvalue weighted by Gasteiger charge is -2.27. The highest BCUT2D eigenvalue weighted by molar-refractivity contribution is 6.17. The first-order valence-corrected chi connectivity index (χ1v) is 12.5. The minimum atomic E-state index is 0.0224. The summed E-state index contributed by atoms with van der Waals surface area (Å²) in [7, 11) is 0. The molecular weight excluding hydrogens is 440 g/mol. The lowest BCUT2D eigenvalue weighted by atomic mass is 10.0. The number of rotatable bonds is 12. The lowest BCUT2D eigenvalue weighted by molar-refractivity contribution is -0.116. The van der Waals surface area contributed by atoms with Gasteiger partial charge in [-0.05, 0) is 68.2 Å². The highest BCUT2D eigenvalue weighted by Crippen LogP contribution is 2.30. The van der Waals surface area contributed by atoms with Gasteiger partial charge in [0, 0.05) is 42.4 Å². The van der Waals surface area contributed by atoms with Crippen molar-refractivity contribution in [3.05, 3.63) is 47.5 Å². The molecule has 2 aliphatic heterocycles. The predicted octanol–water partition coefficient (Wildman–Crippen LogP) is 5.53. The van der Waals surface area contributed by atoms with Gasteiger partial charge in [0.05, 0.1) is 13.2 Å². The molecule has 0 saturated carbocycles. The van der Waals surface area contributed by atoms with Crippen LogP contribution in [0.1, 0.15) is 49.7 Å². The fourth-order valence-electron chi connectivity index (χ4n) is 4.10. The Labute approximate surface area is 200 Å². The van der Waals surface area contributed by atoms with E-state index in [1.165, 1.54) is 11.1 Å². The Hall–Kier alpha value is -2.44. The first-order chi connectivity index (χ1) is 16.2. The molecule has 2 aliphatic rings. The molecule has 2 N–H and O–H groups in total. The Morgan fingerprint density at radius 2 is 1.48 bits per heavy atom. The average Bonchev–Trinajstić information content (AvgIpc) is 2.83. The summed E-state index contributed by atoms with van der Waals surface area (Å²) in [6.45, 7) is 2.00. The summed E-state index contributed by atoms with van der Waals surface area (Å²) in [5, 5.41) is 6.41. The van der Waals surface area contributed by atoms with E-state index in [2.05, 4.69) is 22.8 Å². The average molecular weight is 473 g/mol. The zero-order valence-corrected chi connectivity index (χ0v) is 19.8. The topological polar surface area (TPSA) is 68.8 Å². The van der Waals surface area contributed by atoms with Gasteiger partial charge in [0.15, 0.2) is 0 Å². The predicted molar refractivity (Wildman–Crippen MR) is 132 cm³/mol. The van der Waals surface area contributed by atoms with E-state index >= 15 is 0 Å². The quantitative estimate of drug-likeness (QED) is 0.314. The molecule has 0 fully saturated rings. The van der Waals surface area contributed by atoms with E-state index in [-0.39, 0.29) is 12.1 Å². The Morgan fingerprint density at radius 1 is 0.818 bits per heavy atom. The normalized spacial score (nSPS) is 16.9. The maximum atomic E-state index is 11.6. The largest absolute Gasteiger partial charge is 0.494 e. The molecule has 2 heterocycles. The third-order valence-electron chi connectivity index (χ3n) is 5.97. The van der Waals surface area contributed by atoms with Gasteiger partial charge in [-0.2, -0.15) is 0 Å². The first kappa shape index (κ1) is 23.7. The molecule has 0 saturated heterocycles. The number of carbonyl (C=O) groups excluding carboxylic acids is 1. The molecule has 1 atom stereocenters. The van der Waals surface area contributed by atoms with Crippen LogP contribution in [0, 0.1) is 0 Å². The number of alkyl halides is 1. The molecule has 2 aromatic rings. The lowest BCUT2D eigenvalue weighted by Crippen LogP contribution is -2.28. The minimum absolute atomic E-state index is 0.0224. The Morgan fingerprint density at radius 3 is 2.24 bits per heavy atom. The van der Waals surface area contributed by atoms with Gasteiger partial charge in [0.1, 0.15) is 17.7 Å². The van der Waals surface area contributed by atoms with Crippen molar-refractivity contribution in [3.8, 4) is 11.5 Å². The van der Waals surface area contributed by atoms with Crippen LogP contribution in [0.3, 0.4) is 0 Å². The number of benzene rings is 2. The number of hydrogen-bond donors (Lipinski definition) is 2. The highest BCUT2D eigenvalue weighted by atomic mass is 35.5. The number of fused-ring (bicyclic) bond motifs is 2. The van der Waals surface area contributed by atoms with Crippen LogP contribution in [0.5, 0.6) is 11.5 Å². The number of ether oxygens (including phenoxy) is 3. The van der Waals surface area contributed by atoms with Gasteiger partial charge in [-0.15, -0.1) is 11.6 Å². The summed E-state index contributed by atoms with van der Waals surface area (Å²) >= 11 is 5.72. The molecule has 0 radical (unpaired) electrons. The smallest absolute Gasteiger partial charge is 0.224 e. The van der Waals surface area contributed by atoms with Crippen LogP contribution in [-0.2, 0) is 22.4 Å². The molecule has 33 heavy (non-hydrogen) atoms. The molecule has 0 spiro atoms. The summed E-state index contributed by atoms with van der Waals surface area (Å²) in [5.41, 5.74) is 4.45. The second-order valence-electron chi connectivity index (χ2n) is 8.53. The fraction of sp³-hybridized carbons (Fsp3) is 0.500. The number of nitrogens with one attached hydrogen (secondary N) is 2. The standard InChI is InChI=1S/C26H33ClN2O4/c27-13-1-2-14-31-22-10-6-20-8-12-26(29-24(20)18-22)33-16-4-3-15-32-21-9-5-19-7-11-25(30)28-23(19)17-21/h5-6,9-10,17-18,26,29H,1-4,7-8,11-16H2,(H,28,30). The monoisotopic (exact) mass is 472 g/mol. The highest BCUT2D eigenvalue weighted by Gasteiger charge is 2.19. The molecule has 2 aromatic carbocycles. The van der Waals surface area contributed by atoms with Crippen molar-refractivity contribution >= 4 is 28.9 Å². The number of halogens is 1. The van der Waals surface area contributed by atoms with E-state index in [1.54, 1.807) is 0 Å². The molecule has 0 aliphatic carbocycles. The number of anilines is 2. The number of unbranched alkanes of at least 4 members (excludes halogenated alkanes) is 2. The van der Waals surface area contributed by atoms with Crippen LogP contribution in [0.15, 0.2) is 36.4 Å². The number of aryl methyl sites for hydroxylation is 2. The number of amides is 1. The third kappa shape index (κ3) is 7.02. The van der Waals surface area contributed by atoms with Crippen LogP contribution in [0.4, 0.5) is 11.4 Å². The molecule has 4 rings (SSSR count). The molecule has 1 unspecified atom stereocenters. The molecule has 1 amide bonds. The van der Waals surface area contributed by atoms with Crippen LogP contribution in [-0.4, -0.2) is 37.8 Å². The van der Waals surface area contributed by atoms with Crippen molar-refractivity contribution in [2.75, 3.05) is 36.3 Å². The van der Waals surface area contributed by atoms with E-state index in [9.17, 15) is 4.79 Å². The van der Waals surface area contributed by atoms with Crippen LogP contribution >= 0.6 is 11.6 Å². The maximum absolute atomic E-state index is 11.6.